The lowest BCUT2D eigenvalue weighted by molar-refractivity contribution is -0.137. The highest BCUT2D eigenvalue weighted by molar-refractivity contribution is 5.94. The molecule has 0 spiro atoms. The third-order valence-corrected chi connectivity index (χ3v) is 9.28. The number of hydrogen-bond donors (Lipinski definition) is 1. The van der Waals surface area contributed by atoms with Crippen LogP contribution in [0.15, 0.2) is 30.6 Å². The van der Waals surface area contributed by atoms with Gasteiger partial charge in [0.05, 0.1) is 31.0 Å². The zero-order chi connectivity index (χ0) is 28.6. The minimum atomic E-state index is -4.35. The minimum Gasteiger partial charge on any atom is -0.381 e. The van der Waals surface area contributed by atoms with Crippen molar-refractivity contribution in [1.82, 2.24) is 19.8 Å². The number of alkyl halides is 3. The van der Waals surface area contributed by atoms with Gasteiger partial charge in [-0.05, 0) is 56.7 Å². The summed E-state index contributed by atoms with van der Waals surface area (Å²) in [6, 6.07) is 5.75. The molecule has 4 atom stereocenters. The Balaban J connectivity index is 1.02. The molecule has 6 rings (SSSR count). The molecule has 4 fully saturated rings. The standard InChI is InChI=1S/C30H38F3N5O3/c1-19-27(29(39)37-11-9-24(10-12-37)38-14-21-16-40-17-22(21)15-38)35-18-36-28(19)34-13-25-3-2-4-26(41-25)20-5-7-23(8-6-20)30(31,32)33/h5-8,18,21-22,24-26H,2-4,9-17H2,1H3,(H,34,35,36). The lowest BCUT2D eigenvalue weighted by Crippen LogP contribution is -2.46. The number of nitrogens with one attached hydrogen (secondary N) is 1. The molecule has 2 aromatic rings. The van der Waals surface area contributed by atoms with Gasteiger partial charge in [0, 0.05) is 56.2 Å². The first kappa shape index (κ1) is 28.4. The Morgan fingerprint density at radius 2 is 1.73 bits per heavy atom. The molecule has 0 bridgehead atoms. The number of anilines is 1. The largest absolute Gasteiger partial charge is 0.416 e. The summed E-state index contributed by atoms with van der Waals surface area (Å²) in [5, 5.41) is 3.33. The van der Waals surface area contributed by atoms with Gasteiger partial charge in [-0.3, -0.25) is 9.69 Å². The van der Waals surface area contributed by atoms with E-state index in [0.717, 1.165) is 89.2 Å². The van der Waals surface area contributed by atoms with Crippen molar-refractivity contribution in [2.75, 3.05) is 51.3 Å². The first-order valence-electron chi connectivity index (χ1n) is 14.8. The molecule has 0 saturated carbocycles. The van der Waals surface area contributed by atoms with Crippen molar-refractivity contribution in [3.8, 4) is 0 Å². The molecule has 0 aliphatic carbocycles. The van der Waals surface area contributed by atoms with E-state index in [0.29, 0.717) is 41.5 Å². The fraction of sp³-hybridized carbons (Fsp3) is 0.633. The molecule has 4 unspecified atom stereocenters. The van der Waals surface area contributed by atoms with E-state index in [1.165, 1.54) is 18.5 Å². The van der Waals surface area contributed by atoms with Crippen LogP contribution >= 0.6 is 0 Å². The van der Waals surface area contributed by atoms with Crippen molar-refractivity contribution < 1.29 is 27.4 Å². The molecule has 1 aromatic carbocycles. The second-order valence-corrected chi connectivity index (χ2v) is 11.9. The average molecular weight is 574 g/mol. The number of amides is 1. The minimum absolute atomic E-state index is 0.0608. The molecule has 4 aliphatic rings. The number of aromatic nitrogens is 2. The van der Waals surface area contributed by atoms with Crippen LogP contribution in [0.3, 0.4) is 0 Å². The fourth-order valence-electron chi connectivity index (χ4n) is 6.84. The Hall–Kier alpha value is -2.76. The average Bonchev–Trinajstić information content (AvgIpc) is 3.59. The van der Waals surface area contributed by atoms with Gasteiger partial charge >= 0.3 is 6.18 Å². The maximum absolute atomic E-state index is 13.4. The van der Waals surface area contributed by atoms with Crippen LogP contribution in [0.4, 0.5) is 19.0 Å². The van der Waals surface area contributed by atoms with Crippen LogP contribution in [-0.2, 0) is 15.7 Å². The third-order valence-electron chi connectivity index (χ3n) is 9.28. The molecule has 222 valence electrons. The van der Waals surface area contributed by atoms with Gasteiger partial charge in [0.15, 0.2) is 0 Å². The van der Waals surface area contributed by atoms with Crippen molar-refractivity contribution >= 4 is 11.7 Å². The summed E-state index contributed by atoms with van der Waals surface area (Å²) in [4.78, 5) is 26.7. The van der Waals surface area contributed by atoms with Crippen molar-refractivity contribution in [1.29, 1.82) is 0 Å². The predicted molar refractivity (Wildman–Crippen MR) is 146 cm³/mol. The number of rotatable bonds is 6. The summed E-state index contributed by atoms with van der Waals surface area (Å²) in [6.45, 7) is 7.77. The molecule has 0 radical (unpaired) electrons. The van der Waals surface area contributed by atoms with Crippen LogP contribution in [0.1, 0.15) is 65.4 Å². The van der Waals surface area contributed by atoms with Crippen LogP contribution < -0.4 is 5.32 Å². The van der Waals surface area contributed by atoms with E-state index in [2.05, 4.69) is 20.2 Å². The molecular formula is C30H38F3N5O3. The van der Waals surface area contributed by atoms with Gasteiger partial charge < -0.3 is 19.7 Å². The highest BCUT2D eigenvalue weighted by atomic mass is 19.4. The van der Waals surface area contributed by atoms with Crippen molar-refractivity contribution in [3.63, 3.8) is 0 Å². The van der Waals surface area contributed by atoms with Crippen LogP contribution in [0, 0.1) is 18.8 Å². The number of benzene rings is 1. The molecular weight excluding hydrogens is 535 g/mol. The summed E-state index contributed by atoms with van der Waals surface area (Å²) >= 11 is 0. The Morgan fingerprint density at radius 3 is 2.41 bits per heavy atom. The summed E-state index contributed by atoms with van der Waals surface area (Å²) in [6.07, 6.45) is 1.14. The van der Waals surface area contributed by atoms with Crippen LogP contribution in [-0.4, -0.2) is 83.8 Å². The maximum atomic E-state index is 13.4. The molecule has 41 heavy (non-hydrogen) atoms. The van der Waals surface area contributed by atoms with Gasteiger partial charge in [-0.15, -0.1) is 0 Å². The Kier molecular flexibility index (Phi) is 8.20. The van der Waals surface area contributed by atoms with Crippen LogP contribution in [0.25, 0.3) is 0 Å². The summed E-state index contributed by atoms with van der Waals surface area (Å²) in [5.74, 6) is 1.87. The highest BCUT2D eigenvalue weighted by Crippen LogP contribution is 2.35. The molecule has 4 aliphatic heterocycles. The molecule has 8 nitrogen and oxygen atoms in total. The predicted octanol–water partition coefficient (Wildman–Crippen LogP) is 4.71. The summed E-state index contributed by atoms with van der Waals surface area (Å²) in [7, 11) is 0. The second kappa shape index (κ2) is 11.9. The SMILES string of the molecule is Cc1c(NCC2CCCC(c3ccc(C(F)(F)F)cc3)O2)ncnc1C(=O)N1CCC(N2CC3COCC3C2)CC1. The number of fused-ring (bicyclic) bond motifs is 1. The first-order valence-corrected chi connectivity index (χ1v) is 14.8. The van der Waals surface area contributed by atoms with E-state index >= 15 is 0 Å². The summed E-state index contributed by atoms with van der Waals surface area (Å²) < 4.78 is 50.7. The Labute approximate surface area is 238 Å². The smallest absolute Gasteiger partial charge is 0.381 e. The van der Waals surface area contributed by atoms with E-state index in [1.807, 2.05) is 11.8 Å². The third kappa shape index (κ3) is 6.22. The number of nitrogens with zero attached hydrogens (tertiary/aromatic N) is 4. The van der Waals surface area contributed by atoms with E-state index in [9.17, 15) is 18.0 Å². The molecule has 5 heterocycles. The van der Waals surface area contributed by atoms with Crippen molar-refractivity contribution in [2.45, 2.75) is 63.5 Å². The summed E-state index contributed by atoms with van der Waals surface area (Å²) in [5.41, 5.74) is 1.22. The quantitative estimate of drug-likeness (QED) is 0.536. The van der Waals surface area contributed by atoms with Crippen LogP contribution in [0.2, 0.25) is 0 Å². The van der Waals surface area contributed by atoms with Crippen molar-refractivity contribution in [2.24, 2.45) is 11.8 Å². The highest BCUT2D eigenvalue weighted by Gasteiger charge is 2.40. The monoisotopic (exact) mass is 573 g/mol. The van der Waals surface area contributed by atoms with E-state index in [-0.39, 0.29) is 18.1 Å². The molecule has 4 saturated heterocycles. The number of ether oxygens (including phenoxy) is 2. The lowest BCUT2D eigenvalue weighted by atomic mass is 9.97. The number of halogens is 3. The molecule has 1 N–H and O–H groups in total. The van der Waals surface area contributed by atoms with Gasteiger partial charge in [-0.2, -0.15) is 13.2 Å². The van der Waals surface area contributed by atoms with Crippen LogP contribution in [0.5, 0.6) is 0 Å². The van der Waals surface area contributed by atoms with E-state index in [4.69, 9.17) is 9.47 Å². The zero-order valence-electron chi connectivity index (χ0n) is 23.4. The zero-order valence-corrected chi connectivity index (χ0v) is 23.4. The van der Waals surface area contributed by atoms with Gasteiger partial charge in [0.1, 0.15) is 17.8 Å². The van der Waals surface area contributed by atoms with Gasteiger partial charge in [0.25, 0.3) is 5.91 Å². The first-order chi connectivity index (χ1) is 19.8. The van der Waals surface area contributed by atoms with Crippen molar-refractivity contribution in [3.05, 3.63) is 53.0 Å². The number of carbonyl (C=O) groups excluding carboxylic acids is 1. The molecule has 1 aromatic heterocycles. The fourth-order valence-corrected chi connectivity index (χ4v) is 6.84. The van der Waals surface area contributed by atoms with E-state index in [1.54, 1.807) is 0 Å². The molecule has 11 heteroatoms. The van der Waals surface area contributed by atoms with Gasteiger partial charge in [0.2, 0.25) is 0 Å². The van der Waals surface area contributed by atoms with Gasteiger partial charge in [-0.25, -0.2) is 9.97 Å². The number of carbonyl (C=O) groups is 1. The normalized spacial score (nSPS) is 27.7. The lowest BCUT2D eigenvalue weighted by Gasteiger charge is -2.37. The number of piperidine rings is 1. The second-order valence-electron chi connectivity index (χ2n) is 11.9. The van der Waals surface area contributed by atoms with Gasteiger partial charge in [-0.1, -0.05) is 12.1 Å². The number of likely N-dealkylation sites (tertiary alicyclic amines) is 2. The maximum Gasteiger partial charge on any atom is 0.416 e. The number of hydrogen-bond acceptors (Lipinski definition) is 7. The molecule has 1 amide bonds. The Morgan fingerprint density at radius 1 is 1.02 bits per heavy atom. The Bertz CT molecular complexity index is 1210. The van der Waals surface area contributed by atoms with E-state index < -0.39 is 11.7 Å². The topological polar surface area (TPSA) is 79.8 Å².